The molecular weight excluding hydrogens is 182 g/mol. The first-order valence-electron chi connectivity index (χ1n) is 5.12. The quantitative estimate of drug-likeness (QED) is 0.387. The Morgan fingerprint density at radius 1 is 1.50 bits per heavy atom. The molecule has 1 aliphatic carbocycles. The molecule has 0 heterocycles. The molecule has 1 aliphatic rings. The first-order valence-corrected chi connectivity index (χ1v) is 5.12. The van der Waals surface area contributed by atoms with Gasteiger partial charge in [0.05, 0.1) is 6.61 Å². The van der Waals surface area contributed by atoms with E-state index in [4.69, 9.17) is 10.5 Å². The van der Waals surface area contributed by atoms with Crippen molar-refractivity contribution in [2.75, 3.05) is 6.61 Å². The SMILES string of the molecule is CCCCOC(=O)C(N)C(=O)C1CC1. The van der Waals surface area contributed by atoms with Gasteiger partial charge in [0, 0.05) is 5.92 Å². The van der Waals surface area contributed by atoms with Gasteiger partial charge in [-0.15, -0.1) is 0 Å². The second kappa shape index (κ2) is 5.10. The molecule has 4 heteroatoms. The van der Waals surface area contributed by atoms with Gasteiger partial charge in [-0.2, -0.15) is 0 Å². The number of esters is 1. The fourth-order valence-corrected chi connectivity index (χ4v) is 1.14. The van der Waals surface area contributed by atoms with Crippen LogP contribution in [0.1, 0.15) is 32.6 Å². The van der Waals surface area contributed by atoms with Gasteiger partial charge in [-0.05, 0) is 19.3 Å². The zero-order valence-electron chi connectivity index (χ0n) is 8.49. The Morgan fingerprint density at radius 3 is 2.64 bits per heavy atom. The largest absolute Gasteiger partial charge is 0.464 e. The fourth-order valence-electron chi connectivity index (χ4n) is 1.14. The van der Waals surface area contributed by atoms with Gasteiger partial charge in [-0.3, -0.25) is 4.79 Å². The summed E-state index contributed by atoms with van der Waals surface area (Å²) < 4.78 is 4.86. The van der Waals surface area contributed by atoms with E-state index < -0.39 is 12.0 Å². The summed E-state index contributed by atoms with van der Waals surface area (Å²) in [6.45, 7) is 2.37. The molecule has 0 radical (unpaired) electrons. The summed E-state index contributed by atoms with van der Waals surface area (Å²) in [5.41, 5.74) is 5.46. The van der Waals surface area contributed by atoms with Crippen LogP contribution in [0.4, 0.5) is 0 Å². The molecule has 0 aromatic carbocycles. The Morgan fingerprint density at radius 2 is 2.14 bits per heavy atom. The van der Waals surface area contributed by atoms with E-state index in [1.54, 1.807) is 0 Å². The number of ketones is 1. The summed E-state index contributed by atoms with van der Waals surface area (Å²) in [5, 5.41) is 0. The number of unbranched alkanes of at least 4 members (excludes halogenated alkanes) is 1. The monoisotopic (exact) mass is 199 g/mol. The van der Waals surface area contributed by atoms with Crippen LogP contribution in [-0.2, 0) is 14.3 Å². The average Bonchev–Trinajstić information content (AvgIpc) is 2.99. The fraction of sp³-hybridized carbons (Fsp3) is 0.800. The molecule has 0 spiro atoms. The number of ether oxygens (including phenoxy) is 1. The third kappa shape index (κ3) is 3.10. The lowest BCUT2D eigenvalue weighted by Crippen LogP contribution is -2.41. The topological polar surface area (TPSA) is 69.4 Å². The van der Waals surface area contributed by atoms with Crippen LogP contribution in [0.2, 0.25) is 0 Å². The number of rotatable bonds is 6. The lowest BCUT2D eigenvalue weighted by Gasteiger charge is -2.09. The summed E-state index contributed by atoms with van der Waals surface area (Å²) in [5.74, 6) is -0.717. The molecule has 0 bridgehead atoms. The van der Waals surface area contributed by atoms with Gasteiger partial charge in [0.1, 0.15) is 0 Å². The molecule has 0 amide bonds. The van der Waals surface area contributed by atoms with E-state index in [9.17, 15) is 9.59 Å². The normalized spacial score (nSPS) is 17.6. The van der Waals surface area contributed by atoms with Crippen LogP contribution in [0.5, 0.6) is 0 Å². The Kier molecular flexibility index (Phi) is 4.07. The van der Waals surface area contributed by atoms with Gasteiger partial charge >= 0.3 is 5.97 Å². The number of nitrogens with two attached hydrogens (primary N) is 1. The predicted molar refractivity (Wildman–Crippen MR) is 51.6 cm³/mol. The minimum atomic E-state index is -1.06. The minimum absolute atomic E-state index is 0.0173. The molecular formula is C10H17NO3. The summed E-state index contributed by atoms with van der Waals surface area (Å²) in [6.07, 6.45) is 3.51. The Hall–Kier alpha value is -0.900. The number of carbonyl (C=O) groups is 2. The van der Waals surface area contributed by atoms with Crippen molar-refractivity contribution in [3.05, 3.63) is 0 Å². The van der Waals surface area contributed by atoms with Gasteiger partial charge in [0.2, 0.25) is 0 Å². The van der Waals surface area contributed by atoms with E-state index in [-0.39, 0.29) is 11.7 Å². The first kappa shape index (κ1) is 11.2. The predicted octanol–water partition coefficient (Wildman–Crippen LogP) is 0.636. The molecule has 0 saturated heterocycles. The van der Waals surface area contributed by atoms with Gasteiger partial charge < -0.3 is 10.5 Å². The Labute approximate surface area is 83.8 Å². The number of carbonyl (C=O) groups excluding carboxylic acids is 2. The molecule has 1 fully saturated rings. The number of Topliss-reactive ketones (excluding diaryl/α,β-unsaturated/α-hetero) is 1. The van der Waals surface area contributed by atoms with Gasteiger partial charge in [0.15, 0.2) is 11.8 Å². The van der Waals surface area contributed by atoms with Gasteiger partial charge in [-0.1, -0.05) is 13.3 Å². The third-order valence-corrected chi connectivity index (χ3v) is 2.28. The molecule has 1 atom stereocenters. The highest BCUT2D eigenvalue weighted by atomic mass is 16.5. The molecule has 1 saturated carbocycles. The van der Waals surface area contributed by atoms with Crippen molar-refractivity contribution in [3.8, 4) is 0 Å². The van der Waals surface area contributed by atoms with Crippen LogP contribution in [0.15, 0.2) is 0 Å². The molecule has 2 N–H and O–H groups in total. The maximum Gasteiger partial charge on any atom is 0.330 e. The van der Waals surface area contributed by atoms with Crippen molar-refractivity contribution < 1.29 is 14.3 Å². The average molecular weight is 199 g/mol. The highest BCUT2D eigenvalue weighted by Gasteiger charge is 2.36. The second-order valence-electron chi connectivity index (χ2n) is 3.68. The first-order chi connectivity index (χ1) is 6.66. The molecule has 0 aliphatic heterocycles. The van der Waals surface area contributed by atoms with E-state index in [0.29, 0.717) is 6.61 Å². The summed E-state index contributed by atoms with van der Waals surface area (Å²) in [4.78, 5) is 22.6. The van der Waals surface area contributed by atoms with Crippen molar-refractivity contribution in [1.82, 2.24) is 0 Å². The third-order valence-electron chi connectivity index (χ3n) is 2.28. The summed E-state index contributed by atoms with van der Waals surface area (Å²) in [7, 11) is 0. The van der Waals surface area contributed by atoms with Crippen molar-refractivity contribution in [1.29, 1.82) is 0 Å². The van der Waals surface area contributed by atoms with Crippen LogP contribution in [0.3, 0.4) is 0 Å². The van der Waals surface area contributed by atoms with Crippen molar-refractivity contribution in [2.45, 2.75) is 38.6 Å². The zero-order chi connectivity index (χ0) is 10.6. The van der Waals surface area contributed by atoms with Crippen molar-refractivity contribution in [3.63, 3.8) is 0 Å². The number of hydrogen-bond donors (Lipinski definition) is 1. The van der Waals surface area contributed by atoms with E-state index in [1.165, 1.54) is 0 Å². The lowest BCUT2D eigenvalue weighted by molar-refractivity contribution is -0.148. The van der Waals surface area contributed by atoms with Crippen LogP contribution >= 0.6 is 0 Å². The maximum absolute atomic E-state index is 11.4. The van der Waals surface area contributed by atoms with Crippen LogP contribution in [0, 0.1) is 5.92 Å². The molecule has 80 valence electrons. The van der Waals surface area contributed by atoms with Crippen LogP contribution < -0.4 is 5.73 Å². The lowest BCUT2D eigenvalue weighted by atomic mass is 10.1. The van der Waals surface area contributed by atoms with Crippen molar-refractivity contribution in [2.24, 2.45) is 11.7 Å². The van der Waals surface area contributed by atoms with Gasteiger partial charge in [-0.25, -0.2) is 4.79 Å². The minimum Gasteiger partial charge on any atom is -0.464 e. The number of hydrogen-bond acceptors (Lipinski definition) is 4. The second-order valence-corrected chi connectivity index (χ2v) is 3.68. The Balaban J connectivity index is 2.24. The zero-order valence-corrected chi connectivity index (χ0v) is 8.49. The van der Waals surface area contributed by atoms with E-state index >= 15 is 0 Å². The maximum atomic E-state index is 11.4. The molecule has 0 aromatic heterocycles. The molecule has 1 rings (SSSR count). The van der Waals surface area contributed by atoms with E-state index in [0.717, 1.165) is 25.7 Å². The van der Waals surface area contributed by atoms with Crippen LogP contribution in [-0.4, -0.2) is 24.4 Å². The summed E-state index contributed by atoms with van der Waals surface area (Å²) in [6, 6.07) is -1.06. The smallest absolute Gasteiger partial charge is 0.330 e. The van der Waals surface area contributed by atoms with Crippen molar-refractivity contribution >= 4 is 11.8 Å². The highest BCUT2D eigenvalue weighted by Crippen LogP contribution is 2.30. The van der Waals surface area contributed by atoms with E-state index in [1.807, 2.05) is 6.92 Å². The highest BCUT2D eigenvalue weighted by molar-refractivity contribution is 6.04. The van der Waals surface area contributed by atoms with E-state index in [2.05, 4.69) is 0 Å². The van der Waals surface area contributed by atoms with Crippen LogP contribution in [0.25, 0.3) is 0 Å². The Bertz CT molecular complexity index is 223. The molecule has 14 heavy (non-hydrogen) atoms. The molecule has 4 nitrogen and oxygen atoms in total. The summed E-state index contributed by atoms with van der Waals surface area (Å²) >= 11 is 0. The van der Waals surface area contributed by atoms with Gasteiger partial charge in [0.25, 0.3) is 0 Å². The molecule has 0 aromatic rings. The molecule has 1 unspecified atom stereocenters. The standard InChI is InChI=1S/C10H17NO3/c1-2-3-6-14-10(13)8(11)9(12)7-4-5-7/h7-8H,2-6,11H2,1H3.